The number of nitrogens with zero attached hydrogens (tertiary/aromatic N) is 2. The van der Waals surface area contributed by atoms with Crippen LogP contribution in [-0.2, 0) is 17.8 Å². The van der Waals surface area contributed by atoms with Gasteiger partial charge in [-0.05, 0) is 56.8 Å². The Hall–Kier alpha value is -2.08. The van der Waals surface area contributed by atoms with E-state index >= 15 is 0 Å². The first-order chi connectivity index (χ1) is 11.6. The van der Waals surface area contributed by atoms with E-state index in [1.165, 1.54) is 11.1 Å². The number of amides is 1. The van der Waals surface area contributed by atoms with Crippen LogP contribution in [0.4, 0.5) is 0 Å². The molecule has 0 saturated carbocycles. The molecule has 1 amide bonds. The van der Waals surface area contributed by atoms with Gasteiger partial charge in [-0.2, -0.15) is 0 Å². The van der Waals surface area contributed by atoms with Crippen LogP contribution in [0.1, 0.15) is 37.8 Å². The number of rotatable bonds is 6. The molecule has 0 radical (unpaired) electrons. The van der Waals surface area contributed by atoms with Gasteiger partial charge in [-0.1, -0.05) is 17.3 Å². The molecule has 1 aromatic carbocycles. The topological polar surface area (TPSA) is 74.2 Å². The normalized spacial score (nSPS) is 16.9. The van der Waals surface area contributed by atoms with Gasteiger partial charge < -0.3 is 15.3 Å². The summed E-state index contributed by atoms with van der Waals surface area (Å²) >= 11 is 0. The summed E-state index contributed by atoms with van der Waals surface area (Å²) in [6, 6.07) is 6.24. The molecule has 1 aliphatic heterocycles. The molecule has 0 bridgehead atoms. The number of ether oxygens (including phenoxy) is 1. The third-order valence-electron chi connectivity index (χ3n) is 4.17. The highest BCUT2D eigenvalue weighted by molar-refractivity contribution is 6.26. The molecule has 132 valence electrons. The molecule has 0 unspecified atom stereocenters. The highest BCUT2D eigenvalue weighted by Crippen LogP contribution is 2.27. The predicted molar refractivity (Wildman–Crippen MR) is 93.7 cm³/mol. The lowest BCUT2D eigenvalue weighted by atomic mass is 9.97. The minimum absolute atomic E-state index is 0.0200. The number of carbonyl (C=O) groups excluding carboxylic acids is 1. The van der Waals surface area contributed by atoms with Crippen molar-refractivity contribution in [1.29, 1.82) is 0 Å². The van der Waals surface area contributed by atoms with Crippen molar-refractivity contribution in [3.8, 4) is 5.75 Å². The monoisotopic (exact) mass is 333 g/mol. The van der Waals surface area contributed by atoms with E-state index in [0.29, 0.717) is 6.61 Å². The summed E-state index contributed by atoms with van der Waals surface area (Å²) in [4.78, 5) is 13.8. The number of benzene rings is 1. The Morgan fingerprint density at radius 2 is 2.33 bits per heavy atom. The first-order valence-corrected chi connectivity index (χ1v) is 8.57. The molecule has 6 heteroatoms. The molecule has 0 aliphatic carbocycles. The SMILES string of the molecule is CCOc1cccc2c1CCCCN(C[C@H](C)NC(=O)/C=N\O)C2. The molecule has 1 aliphatic rings. The van der Waals surface area contributed by atoms with Crippen molar-refractivity contribution in [2.45, 2.75) is 45.7 Å². The van der Waals surface area contributed by atoms with Gasteiger partial charge in [-0.3, -0.25) is 9.69 Å². The zero-order valence-corrected chi connectivity index (χ0v) is 14.5. The van der Waals surface area contributed by atoms with Gasteiger partial charge in [-0.15, -0.1) is 0 Å². The van der Waals surface area contributed by atoms with E-state index in [-0.39, 0.29) is 11.9 Å². The molecule has 1 heterocycles. The lowest BCUT2D eigenvalue weighted by Crippen LogP contribution is -2.42. The highest BCUT2D eigenvalue weighted by Gasteiger charge is 2.18. The number of nitrogens with one attached hydrogen (secondary N) is 1. The number of hydrogen-bond acceptors (Lipinski definition) is 5. The zero-order valence-electron chi connectivity index (χ0n) is 14.5. The van der Waals surface area contributed by atoms with Crippen LogP contribution in [0.3, 0.4) is 0 Å². The summed E-state index contributed by atoms with van der Waals surface area (Å²) < 4.78 is 5.78. The molecule has 2 rings (SSSR count). The summed E-state index contributed by atoms with van der Waals surface area (Å²) in [5, 5.41) is 14.0. The van der Waals surface area contributed by atoms with Crippen molar-refractivity contribution in [3.63, 3.8) is 0 Å². The van der Waals surface area contributed by atoms with E-state index in [0.717, 1.165) is 50.9 Å². The maximum atomic E-state index is 11.5. The zero-order chi connectivity index (χ0) is 17.4. The number of fused-ring (bicyclic) bond motifs is 1. The Balaban J connectivity index is 2.05. The summed E-state index contributed by atoms with van der Waals surface area (Å²) in [6.07, 6.45) is 4.19. The smallest absolute Gasteiger partial charge is 0.266 e. The molecule has 0 spiro atoms. The second-order valence-electron chi connectivity index (χ2n) is 6.17. The summed E-state index contributed by atoms with van der Waals surface area (Å²) in [6.45, 7) is 7.25. The predicted octanol–water partition coefficient (Wildman–Crippen LogP) is 2.19. The van der Waals surface area contributed by atoms with Crippen LogP contribution in [0, 0.1) is 0 Å². The van der Waals surface area contributed by atoms with Crippen LogP contribution in [0.15, 0.2) is 23.4 Å². The Morgan fingerprint density at radius 1 is 1.50 bits per heavy atom. The van der Waals surface area contributed by atoms with Crippen LogP contribution in [-0.4, -0.2) is 48.0 Å². The van der Waals surface area contributed by atoms with E-state index in [2.05, 4.69) is 21.4 Å². The number of hydrogen-bond donors (Lipinski definition) is 2. The first kappa shape index (κ1) is 18.3. The van der Waals surface area contributed by atoms with E-state index in [1.54, 1.807) is 0 Å². The van der Waals surface area contributed by atoms with E-state index in [4.69, 9.17) is 9.94 Å². The molecule has 0 aromatic heterocycles. The summed E-state index contributed by atoms with van der Waals surface area (Å²) in [5.74, 6) is 0.619. The van der Waals surface area contributed by atoms with Gasteiger partial charge in [0.2, 0.25) is 0 Å². The molecule has 6 nitrogen and oxygen atoms in total. The standard InChI is InChI=1S/C18H27N3O3/c1-3-24-17-9-6-7-15-13-21(10-5-4-8-16(15)17)12-14(2)20-18(22)11-19-23/h6-7,9,11,14,23H,3-5,8,10,12-13H2,1-2H3,(H,20,22)/b19-11-/t14-/m0/s1. The molecular weight excluding hydrogens is 306 g/mol. The van der Waals surface area contributed by atoms with Crippen molar-refractivity contribution in [3.05, 3.63) is 29.3 Å². The fourth-order valence-corrected chi connectivity index (χ4v) is 3.21. The second-order valence-corrected chi connectivity index (χ2v) is 6.17. The van der Waals surface area contributed by atoms with Crippen molar-refractivity contribution in [2.24, 2.45) is 5.16 Å². The van der Waals surface area contributed by atoms with Gasteiger partial charge in [-0.25, -0.2) is 0 Å². The van der Waals surface area contributed by atoms with Crippen molar-refractivity contribution < 1.29 is 14.7 Å². The maximum Gasteiger partial charge on any atom is 0.266 e. The van der Waals surface area contributed by atoms with E-state index < -0.39 is 0 Å². The van der Waals surface area contributed by atoms with E-state index in [1.807, 2.05) is 26.0 Å². The summed E-state index contributed by atoms with van der Waals surface area (Å²) in [5.41, 5.74) is 2.62. The molecule has 24 heavy (non-hydrogen) atoms. The largest absolute Gasteiger partial charge is 0.494 e. The van der Waals surface area contributed by atoms with Gasteiger partial charge in [0.1, 0.15) is 12.0 Å². The quantitative estimate of drug-likeness (QED) is 0.475. The average molecular weight is 333 g/mol. The van der Waals surface area contributed by atoms with Gasteiger partial charge >= 0.3 is 0 Å². The van der Waals surface area contributed by atoms with Gasteiger partial charge in [0.15, 0.2) is 0 Å². The third-order valence-corrected chi connectivity index (χ3v) is 4.17. The molecule has 0 saturated heterocycles. The van der Waals surface area contributed by atoms with Gasteiger partial charge in [0, 0.05) is 19.1 Å². The van der Waals surface area contributed by atoms with Crippen LogP contribution >= 0.6 is 0 Å². The fourth-order valence-electron chi connectivity index (χ4n) is 3.21. The minimum atomic E-state index is -0.379. The summed E-state index contributed by atoms with van der Waals surface area (Å²) in [7, 11) is 0. The highest BCUT2D eigenvalue weighted by atomic mass is 16.5. The van der Waals surface area contributed by atoms with Crippen molar-refractivity contribution >= 4 is 12.1 Å². The third kappa shape index (κ3) is 5.23. The minimum Gasteiger partial charge on any atom is -0.494 e. The average Bonchev–Trinajstić information content (AvgIpc) is 2.51. The first-order valence-electron chi connectivity index (χ1n) is 8.57. The molecule has 2 N–H and O–H groups in total. The second kappa shape index (κ2) is 9.27. The fraction of sp³-hybridized carbons (Fsp3) is 0.556. The van der Waals surface area contributed by atoms with Crippen molar-refractivity contribution in [2.75, 3.05) is 19.7 Å². The Kier molecular flexibility index (Phi) is 7.06. The lowest BCUT2D eigenvalue weighted by Gasteiger charge is -2.29. The molecule has 1 atom stereocenters. The Bertz CT molecular complexity index is 575. The van der Waals surface area contributed by atoms with Crippen LogP contribution < -0.4 is 10.1 Å². The van der Waals surface area contributed by atoms with Gasteiger partial charge in [0.25, 0.3) is 5.91 Å². The number of carbonyl (C=O) groups is 1. The Morgan fingerprint density at radius 3 is 3.08 bits per heavy atom. The van der Waals surface area contributed by atoms with Crippen LogP contribution in [0.25, 0.3) is 0 Å². The van der Waals surface area contributed by atoms with Crippen LogP contribution in [0.2, 0.25) is 0 Å². The molecule has 0 fully saturated rings. The molecule has 1 aromatic rings. The number of oxime groups is 1. The Labute approximate surface area is 143 Å². The van der Waals surface area contributed by atoms with Crippen LogP contribution in [0.5, 0.6) is 5.75 Å². The van der Waals surface area contributed by atoms with E-state index in [9.17, 15) is 4.79 Å². The molecular formula is C18H27N3O3. The van der Waals surface area contributed by atoms with Gasteiger partial charge in [0.05, 0.1) is 6.61 Å². The maximum absolute atomic E-state index is 11.5. The lowest BCUT2D eigenvalue weighted by molar-refractivity contribution is -0.115. The van der Waals surface area contributed by atoms with Crippen molar-refractivity contribution in [1.82, 2.24) is 10.2 Å².